The molecule has 3 aliphatic rings. The maximum atomic E-state index is 13.4. The fourth-order valence-electron chi connectivity index (χ4n) is 5.59. The summed E-state index contributed by atoms with van der Waals surface area (Å²) in [7, 11) is 0. The predicted molar refractivity (Wildman–Crippen MR) is 148 cm³/mol. The highest BCUT2D eigenvalue weighted by Crippen LogP contribution is 2.33. The number of nitrogens with one attached hydrogen (secondary N) is 1. The predicted octanol–water partition coefficient (Wildman–Crippen LogP) is 4.78. The minimum atomic E-state index is -5.08. The summed E-state index contributed by atoms with van der Waals surface area (Å²) in [5, 5.41) is 11.4. The summed E-state index contributed by atoms with van der Waals surface area (Å²) in [6.45, 7) is 9.99. The molecular weight excluding hydrogens is 547 g/mol. The second kappa shape index (κ2) is 13.1. The van der Waals surface area contributed by atoms with Crippen molar-refractivity contribution in [2.45, 2.75) is 32.4 Å². The number of halogens is 4. The fraction of sp³-hybridized carbons (Fsp3) is 0.536. The van der Waals surface area contributed by atoms with Gasteiger partial charge in [-0.1, -0.05) is 17.7 Å². The topological polar surface area (TPSA) is 89.0 Å². The van der Waals surface area contributed by atoms with Crippen LogP contribution in [0.25, 0.3) is 0 Å². The first-order valence-corrected chi connectivity index (χ1v) is 13.9. The molecule has 1 aromatic carbocycles. The molecule has 3 saturated heterocycles. The van der Waals surface area contributed by atoms with Crippen molar-refractivity contribution < 1.29 is 27.9 Å². The molecule has 0 aliphatic carbocycles. The zero-order valence-corrected chi connectivity index (χ0v) is 23.2. The van der Waals surface area contributed by atoms with E-state index in [2.05, 4.69) is 37.1 Å². The SMILES string of the molecule is Cc1ccc(NCCCN2CC3CN(C(=O)c4cccnc4N4CCCC4)CC3C2)cc1Cl.O=C(O)C(F)(F)F. The third kappa shape index (κ3) is 7.57. The highest BCUT2D eigenvalue weighted by molar-refractivity contribution is 6.31. The van der Waals surface area contributed by atoms with Crippen LogP contribution >= 0.6 is 11.6 Å². The normalized spacial score (nSPS) is 20.7. The molecule has 4 heterocycles. The van der Waals surface area contributed by atoms with Crippen molar-refractivity contribution in [3.05, 3.63) is 52.7 Å². The smallest absolute Gasteiger partial charge is 0.475 e. The molecule has 0 spiro atoms. The number of carbonyl (C=O) groups is 2. The molecule has 40 heavy (non-hydrogen) atoms. The number of carbonyl (C=O) groups excluding carboxylic acids is 1. The lowest BCUT2D eigenvalue weighted by Gasteiger charge is -2.24. The van der Waals surface area contributed by atoms with Gasteiger partial charge in [0, 0.05) is 62.7 Å². The average molecular weight is 582 g/mol. The monoisotopic (exact) mass is 581 g/mol. The van der Waals surface area contributed by atoms with Crippen LogP contribution in [-0.2, 0) is 4.79 Å². The van der Waals surface area contributed by atoms with E-state index in [0.29, 0.717) is 11.8 Å². The summed E-state index contributed by atoms with van der Waals surface area (Å²) >= 11 is 6.22. The molecule has 0 saturated carbocycles. The van der Waals surface area contributed by atoms with Crippen molar-refractivity contribution in [2.75, 3.05) is 62.6 Å². The molecule has 0 bridgehead atoms. The minimum absolute atomic E-state index is 0.159. The Kier molecular flexibility index (Phi) is 9.78. The van der Waals surface area contributed by atoms with Crippen molar-refractivity contribution in [3.63, 3.8) is 0 Å². The molecule has 12 heteroatoms. The van der Waals surface area contributed by atoms with Gasteiger partial charge in [-0.2, -0.15) is 13.2 Å². The number of fused-ring (bicyclic) bond motifs is 1. The zero-order valence-electron chi connectivity index (χ0n) is 22.5. The Balaban J connectivity index is 0.000000470. The number of anilines is 2. The van der Waals surface area contributed by atoms with Crippen LogP contribution in [0.1, 0.15) is 35.2 Å². The van der Waals surface area contributed by atoms with Crippen molar-refractivity contribution in [1.29, 1.82) is 0 Å². The summed E-state index contributed by atoms with van der Waals surface area (Å²) in [5.41, 5.74) is 2.97. The second-order valence-corrected chi connectivity index (χ2v) is 11.0. The molecule has 3 aliphatic heterocycles. The van der Waals surface area contributed by atoms with Gasteiger partial charge in [-0.15, -0.1) is 0 Å². The highest BCUT2D eigenvalue weighted by atomic mass is 35.5. The molecule has 2 aromatic rings. The molecule has 1 aromatic heterocycles. The molecule has 218 valence electrons. The lowest BCUT2D eigenvalue weighted by atomic mass is 10.0. The van der Waals surface area contributed by atoms with E-state index in [-0.39, 0.29) is 5.91 Å². The number of nitrogens with zero attached hydrogens (tertiary/aromatic N) is 4. The molecule has 8 nitrogen and oxygen atoms in total. The summed E-state index contributed by atoms with van der Waals surface area (Å²) in [5.74, 6) is -0.546. The maximum absolute atomic E-state index is 13.4. The molecule has 3 fully saturated rings. The van der Waals surface area contributed by atoms with E-state index in [1.54, 1.807) is 0 Å². The Morgan fingerprint density at radius 1 is 1.10 bits per heavy atom. The number of aryl methyl sites for hydroxylation is 1. The standard InChI is InChI=1S/C26H34ClN5O.C2HF3O2/c1-19-7-8-22(14-24(19)27)28-10-5-11-30-15-20-17-32(18-21(20)16-30)26(33)23-6-4-9-29-25(23)31-12-2-3-13-31;3-2(4,5)1(6)7/h4,6-9,14,20-21,28H,2-3,5,10-13,15-18H2,1H3;(H,6,7). The lowest BCUT2D eigenvalue weighted by Crippen LogP contribution is -2.35. The summed E-state index contributed by atoms with van der Waals surface area (Å²) in [4.78, 5) is 33.7. The minimum Gasteiger partial charge on any atom is -0.475 e. The third-order valence-electron chi connectivity index (χ3n) is 7.67. The van der Waals surface area contributed by atoms with Gasteiger partial charge in [0.05, 0.1) is 5.56 Å². The van der Waals surface area contributed by atoms with Crippen LogP contribution in [0.15, 0.2) is 36.5 Å². The van der Waals surface area contributed by atoms with Gasteiger partial charge in [0.2, 0.25) is 0 Å². The second-order valence-electron chi connectivity index (χ2n) is 10.6. The number of hydrogen-bond acceptors (Lipinski definition) is 6. The van der Waals surface area contributed by atoms with Gasteiger partial charge >= 0.3 is 12.1 Å². The van der Waals surface area contributed by atoms with Gasteiger partial charge < -0.3 is 25.1 Å². The quantitative estimate of drug-likeness (QED) is 0.455. The molecule has 0 radical (unpaired) electrons. The third-order valence-corrected chi connectivity index (χ3v) is 8.07. The number of hydrogen-bond donors (Lipinski definition) is 2. The van der Waals surface area contributed by atoms with Gasteiger partial charge in [0.1, 0.15) is 5.82 Å². The van der Waals surface area contributed by atoms with Crippen molar-refractivity contribution in [1.82, 2.24) is 14.8 Å². The molecule has 2 unspecified atom stereocenters. The van der Waals surface area contributed by atoms with Gasteiger partial charge in [0.15, 0.2) is 0 Å². The number of alkyl halides is 3. The fourth-order valence-corrected chi connectivity index (χ4v) is 5.77. The van der Waals surface area contributed by atoms with Crippen LogP contribution in [0.2, 0.25) is 5.02 Å². The van der Waals surface area contributed by atoms with Crippen LogP contribution in [0.4, 0.5) is 24.7 Å². The highest BCUT2D eigenvalue weighted by Gasteiger charge is 2.42. The van der Waals surface area contributed by atoms with Crippen LogP contribution in [0.3, 0.4) is 0 Å². The molecule has 2 atom stereocenters. The van der Waals surface area contributed by atoms with Gasteiger partial charge in [-0.25, -0.2) is 9.78 Å². The van der Waals surface area contributed by atoms with Gasteiger partial charge in [-0.3, -0.25) is 4.79 Å². The number of benzene rings is 1. The van der Waals surface area contributed by atoms with E-state index in [0.717, 1.165) is 86.4 Å². The van der Waals surface area contributed by atoms with Crippen LogP contribution in [0.5, 0.6) is 0 Å². The van der Waals surface area contributed by atoms with E-state index < -0.39 is 12.1 Å². The van der Waals surface area contributed by atoms with Crippen molar-refractivity contribution >= 4 is 35.0 Å². The number of rotatable bonds is 7. The number of amides is 1. The average Bonchev–Trinajstić information content (AvgIpc) is 3.65. The Bertz CT molecular complexity index is 1180. The first-order valence-electron chi connectivity index (χ1n) is 13.5. The molecular formula is C28H35ClF3N5O3. The number of pyridine rings is 1. The van der Waals surface area contributed by atoms with E-state index in [1.807, 2.05) is 31.3 Å². The van der Waals surface area contributed by atoms with Crippen molar-refractivity contribution in [2.24, 2.45) is 11.8 Å². The van der Waals surface area contributed by atoms with E-state index in [1.165, 1.54) is 12.8 Å². The molecule has 1 amide bonds. The summed E-state index contributed by atoms with van der Waals surface area (Å²) < 4.78 is 31.7. The van der Waals surface area contributed by atoms with Gasteiger partial charge in [-0.05, 0) is 74.4 Å². The zero-order chi connectivity index (χ0) is 28.9. The number of carboxylic acid groups (broad SMARTS) is 1. The molecule has 2 N–H and O–H groups in total. The van der Waals surface area contributed by atoms with E-state index in [4.69, 9.17) is 21.5 Å². The van der Waals surface area contributed by atoms with E-state index >= 15 is 0 Å². The first-order chi connectivity index (χ1) is 19.0. The number of carboxylic acids is 1. The number of aromatic nitrogens is 1. The summed E-state index contributed by atoms with van der Waals surface area (Å²) in [6, 6.07) is 9.99. The Morgan fingerprint density at radius 2 is 1.75 bits per heavy atom. The largest absolute Gasteiger partial charge is 0.490 e. The number of likely N-dealkylation sites (tertiary alicyclic amines) is 2. The maximum Gasteiger partial charge on any atom is 0.490 e. The number of aliphatic carboxylic acids is 1. The van der Waals surface area contributed by atoms with Gasteiger partial charge in [0.25, 0.3) is 5.91 Å². The lowest BCUT2D eigenvalue weighted by molar-refractivity contribution is -0.192. The van der Waals surface area contributed by atoms with Crippen molar-refractivity contribution in [3.8, 4) is 0 Å². The Labute approximate surface area is 237 Å². The molecule has 5 rings (SSSR count). The van der Waals surface area contributed by atoms with Crippen LogP contribution in [0, 0.1) is 18.8 Å². The summed E-state index contributed by atoms with van der Waals surface area (Å²) in [6.07, 6.45) is 0.191. The Morgan fingerprint density at radius 3 is 2.35 bits per heavy atom. The van der Waals surface area contributed by atoms with Crippen LogP contribution < -0.4 is 10.2 Å². The van der Waals surface area contributed by atoms with Crippen LogP contribution in [-0.4, -0.2) is 90.3 Å². The Hall–Kier alpha value is -3.05. The first kappa shape index (κ1) is 29.9. The van der Waals surface area contributed by atoms with E-state index in [9.17, 15) is 18.0 Å².